The summed E-state index contributed by atoms with van der Waals surface area (Å²) >= 11 is 0. The zero-order valence-corrected chi connectivity index (χ0v) is 13.3. The third-order valence-electron chi connectivity index (χ3n) is 2.94. The van der Waals surface area contributed by atoms with Gasteiger partial charge in [-0.3, -0.25) is 9.40 Å². The summed E-state index contributed by atoms with van der Waals surface area (Å²) in [6, 6.07) is 8.83. The topological polar surface area (TPSA) is 76.9 Å². The van der Waals surface area contributed by atoms with Gasteiger partial charge >= 0.3 is 0 Å². The van der Waals surface area contributed by atoms with E-state index in [1.54, 1.807) is 35.1 Å². The second-order valence-corrected chi connectivity index (χ2v) is 7.75. The number of anilines is 1. The lowest BCUT2D eigenvalue weighted by atomic mass is 9.93. The predicted octanol–water partition coefficient (Wildman–Crippen LogP) is 2.02. The molecule has 0 spiro atoms. The molecule has 2 aromatic rings. The van der Waals surface area contributed by atoms with E-state index in [4.69, 9.17) is 0 Å². The van der Waals surface area contributed by atoms with Crippen molar-refractivity contribution >= 4 is 15.7 Å². The molecule has 1 heterocycles. The fourth-order valence-electron chi connectivity index (χ4n) is 1.70. The smallest absolute Gasteiger partial charge is 0.234 e. The van der Waals surface area contributed by atoms with Crippen molar-refractivity contribution in [2.75, 3.05) is 10.5 Å². The summed E-state index contributed by atoms with van der Waals surface area (Å²) in [7, 11) is -3.40. The molecule has 7 heteroatoms. The van der Waals surface area contributed by atoms with Gasteiger partial charge in [-0.15, -0.1) is 5.10 Å². The van der Waals surface area contributed by atoms with Crippen LogP contribution in [0.15, 0.2) is 36.5 Å². The van der Waals surface area contributed by atoms with E-state index in [0.717, 1.165) is 5.69 Å². The zero-order chi connectivity index (χ0) is 15.5. The van der Waals surface area contributed by atoms with Crippen molar-refractivity contribution in [3.63, 3.8) is 0 Å². The van der Waals surface area contributed by atoms with Gasteiger partial charge in [-0.25, -0.2) is 8.42 Å². The van der Waals surface area contributed by atoms with Crippen molar-refractivity contribution in [3.8, 4) is 0 Å². The summed E-state index contributed by atoms with van der Waals surface area (Å²) in [5, 5.41) is 8.04. The first kappa shape index (κ1) is 15.5. The van der Waals surface area contributed by atoms with Crippen LogP contribution in [0.1, 0.15) is 26.5 Å². The summed E-state index contributed by atoms with van der Waals surface area (Å²) in [5.74, 6) is -0.0468. The van der Waals surface area contributed by atoms with Gasteiger partial charge in [0.15, 0.2) is 0 Å². The number of hydrogen-bond donors (Lipinski definition) is 1. The van der Waals surface area contributed by atoms with Crippen LogP contribution in [0.3, 0.4) is 0 Å². The maximum atomic E-state index is 12.0. The number of rotatable bonds is 5. The minimum Gasteiger partial charge on any atom is -0.283 e. The Kier molecular flexibility index (Phi) is 4.32. The van der Waals surface area contributed by atoms with Crippen molar-refractivity contribution in [3.05, 3.63) is 42.2 Å². The van der Waals surface area contributed by atoms with Crippen LogP contribution in [0, 0.1) is 0 Å². The van der Waals surface area contributed by atoms with Gasteiger partial charge in [0.05, 0.1) is 18.0 Å². The molecule has 0 amide bonds. The molecule has 2 rings (SSSR count). The summed E-state index contributed by atoms with van der Waals surface area (Å²) in [6.45, 7) is 6.38. The maximum Gasteiger partial charge on any atom is 0.234 e. The van der Waals surface area contributed by atoms with E-state index in [1.165, 1.54) is 0 Å². The number of aromatic nitrogens is 3. The van der Waals surface area contributed by atoms with E-state index in [0.29, 0.717) is 5.69 Å². The lowest BCUT2D eigenvalue weighted by molar-refractivity contribution is 0.565. The highest BCUT2D eigenvalue weighted by atomic mass is 32.2. The summed E-state index contributed by atoms with van der Waals surface area (Å²) in [4.78, 5) is 0. The minimum atomic E-state index is -3.40. The van der Waals surface area contributed by atoms with Crippen molar-refractivity contribution in [2.45, 2.75) is 32.7 Å². The monoisotopic (exact) mass is 308 g/mol. The van der Waals surface area contributed by atoms with Gasteiger partial charge in [-0.1, -0.05) is 44.2 Å². The zero-order valence-electron chi connectivity index (χ0n) is 12.4. The number of sulfonamides is 1. The highest BCUT2D eigenvalue weighted by Gasteiger charge is 2.18. The fraction of sp³-hybridized carbons (Fsp3) is 0.429. The van der Waals surface area contributed by atoms with E-state index in [9.17, 15) is 8.42 Å². The molecule has 0 saturated carbocycles. The Morgan fingerprint density at radius 3 is 2.43 bits per heavy atom. The van der Waals surface area contributed by atoms with Crippen molar-refractivity contribution in [1.29, 1.82) is 0 Å². The Hall–Kier alpha value is -1.89. The number of nitrogens with one attached hydrogen (secondary N) is 1. The molecule has 0 atom stereocenters. The number of hydrogen-bond acceptors (Lipinski definition) is 4. The molecule has 0 bridgehead atoms. The maximum absolute atomic E-state index is 12.0. The molecule has 1 aromatic carbocycles. The van der Waals surface area contributed by atoms with Gasteiger partial charge in [-0.2, -0.15) is 0 Å². The summed E-state index contributed by atoms with van der Waals surface area (Å²) < 4.78 is 28.1. The van der Waals surface area contributed by atoms with Crippen molar-refractivity contribution < 1.29 is 8.42 Å². The average molecular weight is 308 g/mol. The Morgan fingerprint density at radius 2 is 1.86 bits per heavy atom. The standard InChI is InChI=1S/C14H20N4O2S/c1-14(2,3)13-11-18(17-15-13)9-10-21(19,20)16-12-7-5-4-6-8-12/h4-8,11,16H,9-10H2,1-3H3. The molecular formula is C14H20N4O2S. The van der Waals surface area contributed by atoms with Crippen LogP contribution < -0.4 is 4.72 Å². The molecule has 0 fully saturated rings. The molecule has 6 nitrogen and oxygen atoms in total. The Morgan fingerprint density at radius 1 is 1.19 bits per heavy atom. The molecule has 114 valence electrons. The number of aryl methyl sites for hydroxylation is 1. The Balaban J connectivity index is 1.97. The number of benzene rings is 1. The quantitative estimate of drug-likeness (QED) is 0.916. The number of nitrogens with zero attached hydrogens (tertiary/aromatic N) is 3. The van der Waals surface area contributed by atoms with E-state index >= 15 is 0 Å². The highest BCUT2D eigenvalue weighted by molar-refractivity contribution is 7.92. The normalized spacial score (nSPS) is 12.3. The van der Waals surface area contributed by atoms with Gasteiger partial charge < -0.3 is 0 Å². The highest BCUT2D eigenvalue weighted by Crippen LogP contribution is 2.18. The largest absolute Gasteiger partial charge is 0.283 e. The molecule has 0 aliphatic carbocycles. The third kappa shape index (κ3) is 4.56. The van der Waals surface area contributed by atoms with Gasteiger partial charge in [0.25, 0.3) is 0 Å². The Labute approximate surface area is 125 Å². The molecule has 0 unspecified atom stereocenters. The summed E-state index contributed by atoms with van der Waals surface area (Å²) in [5.41, 5.74) is 1.31. The van der Waals surface area contributed by atoms with Crippen molar-refractivity contribution in [1.82, 2.24) is 15.0 Å². The lowest BCUT2D eigenvalue weighted by Gasteiger charge is -2.13. The van der Waals surface area contributed by atoms with Crippen LogP contribution in [0.2, 0.25) is 0 Å². The molecule has 0 radical (unpaired) electrons. The minimum absolute atomic E-state index is 0.0468. The second-order valence-electron chi connectivity index (χ2n) is 5.90. The van der Waals surface area contributed by atoms with E-state index in [-0.39, 0.29) is 17.7 Å². The Bertz CT molecular complexity index is 687. The van der Waals surface area contributed by atoms with E-state index < -0.39 is 10.0 Å². The van der Waals surface area contributed by atoms with E-state index in [1.807, 2.05) is 26.8 Å². The van der Waals surface area contributed by atoms with Crippen LogP contribution in [0.5, 0.6) is 0 Å². The fourth-order valence-corrected chi connectivity index (χ4v) is 2.73. The van der Waals surface area contributed by atoms with Gasteiger partial charge in [-0.05, 0) is 12.1 Å². The molecule has 0 aliphatic heterocycles. The first-order valence-corrected chi connectivity index (χ1v) is 8.38. The van der Waals surface area contributed by atoms with Crippen LogP contribution in [-0.4, -0.2) is 29.2 Å². The molecule has 21 heavy (non-hydrogen) atoms. The van der Waals surface area contributed by atoms with Crippen LogP contribution in [0.4, 0.5) is 5.69 Å². The number of para-hydroxylation sites is 1. The lowest BCUT2D eigenvalue weighted by Crippen LogP contribution is -2.20. The first-order valence-electron chi connectivity index (χ1n) is 6.72. The molecule has 0 saturated heterocycles. The van der Waals surface area contributed by atoms with Crippen LogP contribution in [0.25, 0.3) is 0 Å². The van der Waals surface area contributed by atoms with E-state index in [2.05, 4.69) is 15.0 Å². The summed E-state index contributed by atoms with van der Waals surface area (Å²) in [6.07, 6.45) is 1.79. The first-order chi connectivity index (χ1) is 9.76. The predicted molar refractivity (Wildman–Crippen MR) is 82.6 cm³/mol. The third-order valence-corrected chi connectivity index (χ3v) is 4.21. The van der Waals surface area contributed by atoms with Crippen LogP contribution >= 0.6 is 0 Å². The van der Waals surface area contributed by atoms with Crippen molar-refractivity contribution in [2.24, 2.45) is 0 Å². The second kappa shape index (κ2) is 5.85. The van der Waals surface area contributed by atoms with Gasteiger partial charge in [0.2, 0.25) is 10.0 Å². The molecule has 1 aromatic heterocycles. The van der Waals surface area contributed by atoms with Gasteiger partial charge in [0, 0.05) is 17.3 Å². The molecule has 0 aliphatic rings. The average Bonchev–Trinajstić information content (AvgIpc) is 2.86. The van der Waals surface area contributed by atoms with Gasteiger partial charge in [0.1, 0.15) is 0 Å². The molecular weight excluding hydrogens is 288 g/mol. The van der Waals surface area contributed by atoms with Crippen LogP contribution in [-0.2, 0) is 22.0 Å². The molecule has 1 N–H and O–H groups in total. The SMILES string of the molecule is CC(C)(C)c1cn(CCS(=O)(=O)Nc2ccccc2)nn1.